The summed E-state index contributed by atoms with van der Waals surface area (Å²) in [7, 11) is 0. The molecule has 0 heterocycles. The minimum atomic E-state index is 0.865. The molecule has 1 heteroatoms. The Balaban J connectivity index is 2.36. The second-order valence-electron chi connectivity index (χ2n) is 3.61. The van der Waals surface area contributed by atoms with Gasteiger partial charge >= 0.3 is 0 Å². The third-order valence-electron chi connectivity index (χ3n) is 2.36. The molecule has 1 aliphatic carbocycles. The minimum Gasteiger partial charge on any atom is -0.402 e. The van der Waals surface area contributed by atoms with Gasteiger partial charge in [0.1, 0.15) is 0 Å². The molecule has 0 aromatic heterocycles. The molecule has 1 nitrogen and oxygen atoms in total. The van der Waals surface area contributed by atoms with Crippen LogP contribution in [0.5, 0.6) is 0 Å². The number of rotatable bonds is 1. The topological polar surface area (TPSA) is 26.0 Å². The van der Waals surface area contributed by atoms with E-state index in [9.17, 15) is 0 Å². The summed E-state index contributed by atoms with van der Waals surface area (Å²) in [6.07, 6.45) is 7.19. The van der Waals surface area contributed by atoms with Gasteiger partial charge in [-0.05, 0) is 30.6 Å². The van der Waals surface area contributed by atoms with Gasteiger partial charge in [-0.15, -0.1) is 0 Å². The van der Waals surface area contributed by atoms with E-state index in [-0.39, 0.29) is 0 Å². The molecular weight excluding hydrogens is 170 g/mol. The first-order valence-electron chi connectivity index (χ1n) is 4.83. The van der Waals surface area contributed by atoms with Crippen LogP contribution >= 0.6 is 0 Å². The van der Waals surface area contributed by atoms with Crippen molar-refractivity contribution in [1.29, 1.82) is 0 Å². The molecule has 0 aliphatic heterocycles. The van der Waals surface area contributed by atoms with Crippen LogP contribution in [0.1, 0.15) is 17.5 Å². The highest BCUT2D eigenvalue weighted by atomic mass is 14.6. The van der Waals surface area contributed by atoms with Crippen LogP contribution in [0.15, 0.2) is 42.1 Å². The van der Waals surface area contributed by atoms with Crippen LogP contribution in [0.25, 0.3) is 5.57 Å². The number of hydrogen-bond donors (Lipinski definition) is 1. The highest BCUT2D eigenvalue weighted by Crippen LogP contribution is 2.23. The van der Waals surface area contributed by atoms with Gasteiger partial charge in [0.15, 0.2) is 0 Å². The van der Waals surface area contributed by atoms with E-state index in [1.54, 1.807) is 0 Å². The predicted molar refractivity (Wildman–Crippen MR) is 60.3 cm³/mol. The van der Waals surface area contributed by atoms with Crippen LogP contribution in [0, 0.1) is 13.3 Å². The fraction of sp³-hybridized carbons (Fsp3) is 0.154. The second-order valence-corrected chi connectivity index (χ2v) is 3.61. The summed E-state index contributed by atoms with van der Waals surface area (Å²) >= 11 is 0. The average molecular weight is 184 g/mol. The van der Waals surface area contributed by atoms with Crippen molar-refractivity contribution in [1.82, 2.24) is 0 Å². The number of benzene rings is 1. The largest absolute Gasteiger partial charge is 0.402 e. The maximum absolute atomic E-state index is 5.77. The molecule has 1 aliphatic rings. The lowest BCUT2D eigenvalue weighted by atomic mass is 9.97. The highest BCUT2D eigenvalue weighted by Gasteiger charge is 2.04. The fourth-order valence-electron chi connectivity index (χ4n) is 1.65. The van der Waals surface area contributed by atoms with Crippen LogP contribution in [0.4, 0.5) is 0 Å². The molecule has 0 fully saturated rings. The Labute approximate surface area is 84.9 Å². The van der Waals surface area contributed by atoms with Crippen LogP contribution in [0.3, 0.4) is 0 Å². The van der Waals surface area contributed by atoms with Gasteiger partial charge in [0, 0.05) is 12.1 Å². The summed E-state index contributed by atoms with van der Waals surface area (Å²) in [5.41, 5.74) is 10.4. The van der Waals surface area contributed by atoms with Gasteiger partial charge in [0.05, 0.1) is 0 Å². The van der Waals surface area contributed by atoms with Gasteiger partial charge in [-0.3, -0.25) is 0 Å². The van der Waals surface area contributed by atoms with Crippen LogP contribution < -0.4 is 5.73 Å². The SMILES string of the molecule is Cc1cccc(C2=CC[CH]C(N)=C2)c1. The van der Waals surface area contributed by atoms with Crippen molar-refractivity contribution in [2.45, 2.75) is 13.3 Å². The van der Waals surface area contributed by atoms with E-state index in [1.165, 1.54) is 16.7 Å². The lowest BCUT2D eigenvalue weighted by Crippen LogP contribution is -2.01. The van der Waals surface area contributed by atoms with Gasteiger partial charge in [-0.1, -0.05) is 35.9 Å². The maximum Gasteiger partial charge on any atom is 0.0128 e. The third kappa shape index (κ3) is 1.87. The van der Waals surface area contributed by atoms with Crippen molar-refractivity contribution < 1.29 is 0 Å². The smallest absolute Gasteiger partial charge is 0.0128 e. The van der Waals surface area contributed by atoms with Crippen molar-refractivity contribution in [3.63, 3.8) is 0 Å². The molecule has 14 heavy (non-hydrogen) atoms. The van der Waals surface area contributed by atoms with Gasteiger partial charge in [-0.25, -0.2) is 0 Å². The van der Waals surface area contributed by atoms with E-state index in [2.05, 4.69) is 37.3 Å². The Bertz CT molecular complexity index is 399. The molecule has 71 valence electrons. The van der Waals surface area contributed by atoms with E-state index >= 15 is 0 Å². The van der Waals surface area contributed by atoms with Crippen LogP contribution in [-0.2, 0) is 0 Å². The first kappa shape index (κ1) is 9.07. The Morgan fingerprint density at radius 3 is 2.86 bits per heavy atom. The molecule has 0 spiro atoms. The van der Waals surface area contributed by atoms with Crippen molar-refractivity contribution in [3.8, 4) is 0 Å². The Morgan fingerprint density at radius 2 is 2.14 bits per heavy atom. The lowest BCUT2D eigenvalue weighted by Gasteiger charge is -2.10. The normalized spacial score (nSPS) is 16.1. The summed E-state index contributed by atoms with van der Waals surface area (Å²) in [4.78, 5) is 0. The molecule has 1 aromatic rings. The molecular formula is C13H14N. The number of allylic oxidation sites excluding steroid dienone is 4. The number of aryl methyl sites for hydroxylation is 1. The molecule has 0 amide bonds. The molecule has 2 N–H and O–H groups in total. The van der Waals surface area contributed by atoms with Crippen LogP contribution in [0.2, 0.25) is 0 Å². The van der Waals surface area contributed by atoms with Crippen LogP contribution in [-0.4, -0.2) is 0 Å². The van der Waals surface area contributed by atoms with Crippen molar-refractivity contribution >= 4 is 5.57 Å². The standard InChI is InChI=1S/C13H14N/c1-10-4-2-5-11(8-10)12-6-3-7-13(14)9-12/h2,4-9H,3,14H2,1H3. The van der Waals surface area contributed by atoms with E-state index in [1.807, 2.05) is 12.5 Å². The summed E-state index contributed by atoms with van der Waals surface area (Å²) in [6.45, 7) is 2.10. The first-order chi connectivity index (χ1) is 6.75. The van der Waals surface area contributed by atoms with E-state index in [0.717, 1.165) is 12.1 Å². The summed E-state index contributed by atoms with van der Waals surface area (Å²) in [6, 6.07) is 8.48. The average Bonchev–Trinajstić information content (AvgIpc) is 2.18. The second kappa shape index (κ2) is 3.70. The lowest BCUT2D eigenvalue weighted by molar-refractivity contribution is 1.16. The van der Waals surface area contributed by atoms with E-state index in [0.29, 0.717) is 0 Å². The zero-order chi connectivity index (χ0) is 9.97. The quantitative estimate of drug-likeness (QED) is 0.713. The molecule has 2 rings (SSSR count). The van der Waals surface area contributed by atoms with Crippen molar-refractivity contribution in [2.75, 3.05) is 0 Å². The fourth-order valence-corrected chi connectivity index (χ4v) is 1.65. The molecule has 0 atom stereocenters. The van der Waals surface area contributed by atoms with E-state index < -0.39 is 0 Å². The number of nitrogens with two attached hydrogens (primary N) is 1. The van der Waals surface area contributed by atoms with Gasteiger partial charge in [0.2, 0.25) is 0 Å². The predicted octanol–water partition coefficient (Wildman–Crippen LogP) is 2.83. The molecule has 0 unspecified atom stereocenters. The summed E-state index contributed by atoms with van der Waals surface area (Å²) in [5, 5.41) is 0. The first-order valence-corrected chi connectivity index (χ1v) is 4.83. The zero-order valence-corrected chi connectivity index (χ0v) is 8.33. The Morgan fingerprint density at radius 1 is 1.29 bits per heavy atom. The zero-order valence-electron chi connectivity index (χ0n) is 8.33. The minimum absolute atomic E-state index is 0.865. The van der Waals surface area contributed by atoms with Gasteiger partial charge in [-0.2, -0.15) is 0 Å². The van der Waals surface area contributed by atoms with Gasteiger partial charge in [0.25, 0.3) is 0 Å². The molecule has 1 radical (unpaired) electrons. The highest BCUT2D eigenvalue weighted by molar-refractivity contribution is 5.76. The molecule has 0 saturated heterocycles. The monoisotopic (exact) mass is 184 g/mol. The van der Waals surface area contributed by atoms with Crippen molar-refractivity contribution in [3.05, 3.63) is 59.7 Å². The molecule has 0 bridgehead atoms. The maximum atomic E-state index is 5.77. The number of hydrogen-bond acceptors (Lipinski definition) is 1. The Kier molecular flexibility index (Phi) is 2.40. The third-order valence-corrected chi connectivity index (χ3v) is 2.36. The summed E-state index contributed by atoms with van der Waals surface area (Å²) < 4.78 is 0. The van der Waals surface area contributed by atoms with Crippen molar-refractivity contribution in [2.24, 2.45) is 5.73 Å². The Hall–Kier alpha value is -1.50. The molecule has 0 saturated carbocycles. The van der Waals surface area contributed by atoms with Gasteiger partial charge < -0.3 is 5.73 Å². The summed E-state index contributed by atoms with van der Waals surface area (Å²) in [5.74, 6) is 0. The molecule has 1 aromatic carbocycles. The van der Waals surface area contributed by atoms with E-state index in [4.69, 9.17) is 5.73 Å².